The highest BCUT2D eigenvalue weighted by Gasteiger charge is 2.30. The van der Waals surface area contributed by atoms with Gasteiger partial charge in [0, 0.05) is 5.56 Å². The van der Waals surface area contributed by atoms with E-state index in [9.17, 15) is 4.79 Å². The van der Waals surface area contributed by atoms with Crippen molar-refractivity contribution >= 4 is 11.9 Å². The predicted molar refractivity (Wildman–Crippen MR) is 93.9 cm³/mol. The Kier molecular flexibility index (Phi) is 3.85. The third-order valence-corrected chi connectivity index (χ3v) is 4.26. The summed E-state index contributed by atoms with van der Waals surface area (Å²) in [4.78, 5) is 13.9. The minimum Gasteiger partial charge on any atom is -0.445 e. The fourth-order valence-corrected chi connectivity index (χ4v) is 2.94. The molecule has 1 aromatic heterocycles. The van der Waals surface area contributed by atoms with E-state index in [1.165, 1.54) is 0 Å². The molecule has 2 N–H and O–H groups in total. The summed E-state index contributed by atoms with van der Waals surface area (Å²) in [5, 5.41) is 4.55. The molecule has 0 atom stereocenters. The maximum absolute atomic E-state index is 12.3. The fourth-order valence-electron chi connectivity index (χ4n) is 2.94. The van der Waals surface area contributed by atoms with Gasteiger partial charge in [0.25, 0.3) is 0 Å². The van der Waals surface area contributed by atoms with Gasteiger partial charge in [-0.2, -0.15) is 5.10 Å². The molecule has 1 aliphatic rings. The lowest BCUT2D eigenvalue weighted by molar-refractivity contribution is 0.0951. The number of carbonyl (C=O) groups excluding carboxylic acids is 1. The zero-order valence-corrected chi connectivity index (χ0v) is 13.6. The van der Waals surface area contributed by atoms with Gasteiger partial charge in [0.05, 0.1) is 24.5 Å². The molecule has 1 amide bonds. The van der Waals surface area contributed by atoms with Crippen molar-refractivity contribution in [2.75, 3.05) is 5.73 Å². The van der Waals surface area contributed by atoms with Gasteiger partial charge in [-0.15, -0.1) is 0 Å². The first kappa shape index (κ1) is 15.3. The van der Waals surface area contributed by atoms with Gasteiger partial charge in [-0.3, -0.25) is 4.90 Å². The molecule has 4 rings (SSSR count). The molecule has 0 radical (unpaired) electrons. The van der Waals surface area contributed by atoms with Crippen molar-refractivity contribution in [1.82, 2.24) is 14.7 Å². The Bertz CT molecular complexity index is 891. The molecule has 2 aromatic carbocycles. The normalized spacial score (nSPS) is 12.9. The zero-order valence-electron chi connectivity index (χ0n) is 13.6. The van der Waals surface area contributed by atoms with Crippen molar-refractivity contribution in [2.45, 2.75) is 19.7 Å². The van der Waals surface area contributed by atoms with E-state index in [-0.39, 0.29) is 12.7 Å². The number of para-hydroxylation sites is 1. The van der Waals surface area contributed by atoms with Crippen molar-refractivity contribution in [3.8, 4) is 5.69 Å². The van der Waals surface area contributed by atoms with Crippen LogP contribution in [0.5, 0.6) is 0 Å². The molecule has 126 valence electrons. The van der Waals surface area contributed by atoms with E-state index in [2.05, 4.69) is 5.10 Å². The molecule has 0 bridgehead atoms. The zero-order chi connectivity index (χ0) is 17.2. The van der Waals surface area contributed by atoms with Gasteiger partial charge in [0.1, 0.15) is 12.4 Å². The number of hydrogen-bond acceptors (Lipinski definition) is 4. The second-order valence-corrected chi connectivity index (χ2v) is 5.95. The Morgan fingerprint density at radius 3 is 2.40 bits per heavy atom. The quantitative estimate of drug-likeness (QED) is 0.799. The molecule has 25 heavy (non-hydrogen) atoms. The fraction of sp³-hybridized carbons (Fsp3) is 0.158. The first-order chi connectivity index (χ1) is 12.2. The summed E-state index contributed by atoms with van der Waals surface area (Å²) >= 11 is 0. The minimum absolute atomic E-state index is 0.257. The largest absolute Gasteiger partial charge is 0.445 e. The number of hydrogen-bond donors (Lipinski definition) is 1. The van der Waals surface area contributed by atoms with Crippen LogP contribution in [0.15, 0.2) is 60.7 Å². The van der Waals surface area contributed by atoms with Gasteiger partial charge in [-0.05, 0) is 17.7 Å². The smallest absolute Gasteiger partial charge is 0.410 e. The molecule has 6 heteroatoms. The van der Waals surface area contributed by atoms with Crippen molar-refractivity contribution in [1.29, 1.82) is 0 Å². The second-order valence-electron chi connectivity index (χ2n) is 5.95. The molecule has 0 unspecified atom stereocenters. The maximum atomic E-state index is 12.3. The number of aromatic nitrogens is 2. The summed E-state index contributed by atoms with van der Waals surface area (Å²) in [6.45, 7) is 1.09. The standard InChI is InChI=1S/C19H18N4O2/c20-18-16-11-22(19(24)25-13-14-7-3-1-4-8-14)12-17(16)21-23(18)15-9-5-2-6-10-15/h1-10H,11-13,20H2. The number of ether oxygens (including phenoxy) is 1. The number of fused-ring (bicyclic) bond motifs is 1. The molecular weight excluding hydrogens is 316 g/mol. The Labute approximate surface area is 145 Å². The van der Waals surface area contributed by atoms with Crippen LogP contribution in [0.2, 0.25) is 0 Å². The Morgan fingerprint density at radius 2 is 1.72 bits per heavy atom. The summed E-state index contributed by atoms with van der Waals surface area (Å²) in [5.41, 5.74) is 9.81. The van der Waals surface area contributed by atoms with E-state index in [4.69, 9.17) is 10.5 Å². The van der Waals surface area contributed by atoms with Crippen molar-refractivity contribution in [2.24, 2.45) is 0 Å². The molecule has 2 heterocycles. The highest BCUT2D eigenvalue weighted by molar-refractivity contribution is 5.69. The first-order valence-corrected chi connectivity index (χ1v) is 8.09. The highest BCUT2D eigenvalue weighted by atomic mass is 16.6. The number of nitrogens with two attached hydrogens (primary N) is 1. The monoisotopic (exact) mass is 334 g/mol. The third-order valence-electron chi connectivity index (χ3n) is 4.26. The number of rotatable bonds is 3. The van der Waals surface area contributed by atoms with E-state index in [1.807, 2.05) is 60.7 Å². The number of nitrogens with zero attached hydrogens (tertiary/aromatic N) is 3. The lowest BCUT2D eigenvalue weighted by atomic mass is 10.2. The van der Waals surface area contributed by atoms with Crippen LogP contribution in [0, 0.1) is 0 Å². The number of benzene rings is 2. The van der Waals surface area contributed by atoms with Gasteiger partial charge in [-0.1, -0.05) is 48.5 Å². The van der Waals surface area contributed by atoms with Crippen molar-refractivity contribution in [3.63, 3.8) is 0 Å². The summed E-state index contributed by atoms with van der Waals surface area (Å²) in [6, 6.07) is 19.3. The number of nitrogen functional groups attached to an aromatic ring is 1. The first-order valence-electron chi connectivity index (χ1n) is 8.09. The molecule has 6 nitrogen and oxygen atoms in total. The van der Waals surface area contributed by atoms with E-state index < -0.39 is 0 Å². The Hall–Kier alpha value is -3.28. The summed E-state index contributed by atoms with van der Waals surface area (Å²) in [5.74, 6) is 0.569. The average molecular weight is 334 g/mol. The topological polar surface area (TPSA) is 73.4 Å². The SMILES string of the molecule is Nc1c2c(nn1-c1ccccc1)CN(C(=O)OCc1ccccc1)C2. The van der Waals surface area contributed by atoms with Crippen LogP contribution in [0.3, 0.4) is 0 Å². The van der Waals surface area contributed by atoms with Gasteiger partial charge < -0.3 is 10.5 Å². The lowest BCUT2D eigenvalue weighted by Gasteiger charge is -2.16. The number of anilines is 1. The van der Waals surface area contributed by atoms with Gasteiger partial charge in [0.15, 0.2) is 0 Å². The van der Waals surface area contributed by atoms with Gasteiger partial charge >= 0.3 is 6.09 Å². The van der Waals surface area contributed by atoms with Crippen LogP contribution in [0.4, 0.5) is 10.6 Å². The molecule has 0 spiro atoms. The molecule has 0 fully saturated rings. The minimum atomic E-state index is -0.354. The van der Waals surface area contributed by atoms with Gasteiger partial charge in [-0.25, -0.2) is 9.48 Å². The van der Waals surface area contributed by atoms with E-state index in [0.29, 0.717) is 18.9 Å². The van der Waals surface area contributed by atoms with Gasteiger partial charge in [0.2, 0.25) is 0 Å². The van der Waals surface area contributed by atoms with Crippen molar-refractivity contribution in [3.05, 3.63) is 77.5 Å². The maximum Gasteiger partial charge on any atom is 0.410 e. The van der Waals surface area contributed by atoms with Crippen LogP contribution in [-0.2, 0) is 24.4 Å². The third kappa shape index (κ3) is 2.94. The van der Waals surface area contributed by atoms with Crippen LogP contribution in [0.1, 0.15) is 16.8 Å². The van der Waals surface area contributed by atoms with E-state index >= 15 is 0 Å². The lowest BCUT2D eigenvalue weighted by Crippen LogP contribution is -2.27. The van der Waals surface area contributed by atoms with Crippen molar-refractivity contribution < 1.29 is 9.53 Å². The molecule has 0 saturated heterocycles. The Morgan fingerprint density at radius 1 is 1.04 bits per heavy atom. The molecule has 3 aromatic rings. The van der Waals surface area contributed by atoms with Crippen LogP contribution >= 0.6 is 0 Å². The second kappa shape index (κ2) is 6.32. The van der Waals surface area contributed by atoms with Crippen LogP contribution < -0.4 is 5.73 Å². The molecular formula is C19H18N4O2. The number of amides is 1. The molecule has 1 aliphatic heterocycles. The Balaban J connectivity index is 1.44. The highest BCUT2D eigenvalue weighted by Crippen LogP contribution is 2.29. The van der Waals surface area contributed by atoms with Crippen LogP contribution in [0.25, 0.3) is 5.69 Å². The van der Waals surface area contributed by atoms with E-state index in [0.717, 1.165) is 22.5 Å². The number of carbonyl (C=O) groups is 1. The van der Waals surface area contributed by atoms with E-state index in [1.54, 1.807) is 9.58 Å². The predicted octanol–water partition coefficient (Wildman–Crippen LogP) is 3.11. The average Bonchev–Trinajstić information content (AvgIpc) is 3.21. The van der Waals surface area contributed by atoms with Crippen LogP contribution in [-0.4, -0.2) is 20.8 Å². The summed E-state index contributed by atoms with van der Waals surface area (Å²) in [6.07, 6.45) is -0.354. The molecule has 0 aliphatic carbocycles. The summed E-state index contributed by atoms with van der Waals surface area (Å²) in [7, 11) is 0. The molecule has 0 saturated carbocycles. The summed E-state index contributed by atoms with van der Waals surface area (Å²) < 4.78 is 7.10.